The van der Waals surface area contributed by atoms with Gasteiger partial charge in [-0.25, -0.2) is 4.98 Å². The molecule has 2 aromatic carbocycles. The monoisotopic (exact) mass is 611 g/mol. The van der Waals surface area contributed by atoms with Crippen LogP contribution in [0, 0.1) is 17.8 Å². The number of carbonyl (C=O) groups excluding carboxylic acids is 1. The average Bonchev–Trinajstić information content (AvgIpc) is 3.59. The quantitative estimate of drug-likeness (QED) is 0.205. The van der Waals surface area contributed by atoms with E-state index in [-0.39, 0.29) is 16.7 Å². The summed E-state index contributed by atoms with van der Waals surface area (Å²) in [6.07, 6.45) is 3.29. The molecule has 3 heterocycles. The molecule has 1 amide bonds. The van der Waals surface area contributed by atoms with Crippen LogP contribution in [0.25, 0.3) is 17.1 Å². The van der Waals surface area contributed by atoms with Gasteiger partial charge in [0, 0.05) is 28.6 Å². The summed E-state index contributed by atoms with van der Waals surface area (Å²) in [5.41, 5.74) is 3.71. The molecule has 1 aliphatic heterocycles. The zero-order valence-corrected chi connectivity index (χ0v) is 26.1. The summed E-state index contributed by atoms with van der Waals surface area (Å²) >= 11 is 16.0. The third-order valence-corrected chi connectivity index (χ3v) is 10.5. The first-order chi connectivity index (χ1) is 19.0. The molecule has 1 saturated carbocycles. The third-order valence-electron chi connectivity index (χ3n) is 7.93. The minimum Gasteiger partial charge on any atom is -0.334 e. The molecular weight excluding hydrogens is 581 g/mol. The number of nitrogens with zero attached hydrogens (tertiary/aromatic N) is 5. The molecule has 0 N–H and O–H groups in total. The van der Waals surface area contributed by atoms with E-state index in [2.05, 4.69) is 35.9 Å². The second-order valence-corrected chi connectivity index (χ2v) is 14.8. The predicted molar refractivity (Wildman–Crippen MR) is 164 cm³/mol. The number of amides is 1. The van der Waals surface area contributed by atoms with Gasteiger partial charge < -0.3 is 4.90 Å². The molecule has 2 fully saturated rings. The van der Waals surface area contributed by atoms with E-state index < -0.39 is 0 Å². The van der Waals surface area contributed by atoms with Crippen molar-refractivity contribution >= 4 is 52.2 Å². The van der Waals surface area contributed by atoms with Crippen molar-refractivity contribution in [3.05, 3.63) is 74.2 Å². The zero-order chi connectivity index (χ0) is 28.2. The molecule has 2 atom stereocenters. The van der Waals surface area contributed by atoms with Crippen LogP contribution in [0.15, 0.2) is 53.0 Å². The molecule has 40 heavy (non-hydrogen) atoms. The van der Waals surface area contributed by atoms with Gasteiger partial charge in [0.2, 0.25) is 0 Å². The van der Waals surface area contributed by atoms with Crippen LogP contribution in [-0.2, 0) is 5.75 Å². The van der Waals surface area contributed by atoms with Crippen molar-refractivity contribution in [3.63, 3.8) is 0 Å². The van der Waals surface area contributed by atoms with Gasteiger partial charge in [0.25, 0.3) is 5.91 Å². The van der Waals surface area contributed by atoms with E-state index in [1.807, 2.05) is 59.3 Å². The maximum Gasteiger partial charge on any atom is 0.273 e. The number of aromatic nitrogens is 4. The minimum atomic E-state index is 0.0534. The summed E-state index contributed by atoms with van der Waals surface area (Å²) in [4.78, 5) is 20.4. The van der Waals surface area contributed by atoms with Gasteiger partial charge in [-0.3, -0.25) is 9.36 Å². The van der Waals surface area contributed by atoms with Gasteiger partial charge in [0.05, 0.1) is 16.5 Å². The summed E-state index contributed by atoms with van der Waals surface area (Å²) in [6.45, 7) is 9.82. The standard InChI is InChI=1S/C30H31Cl2N5OS2/c1-18-9-10-19(31)11-24(18)37-26(21-7-5-6-8-22(21)32)34-35-28(37)40-15-25-33-23(14-39-25)27(38)36-17-30(4)13-20(36)12-29(2,3)16-30/h5-11,14,20H,12-13,15-17H2,1-4H3. The number of fused-ring (bicyclic) bond motifs is 2. The summed E-state index contributed by atoms with van der Waals surface area (Å²) in [5.74, 6) is 1.26. The van der Waals surface area contributed by atoms with Crippen molar-refractivity contribution in [2.45, 2.75) is 63.9 Å². The molecule has 1 saturated heterocycles. The number of rotatable bonds is 6. The van der Waals surface area contributed by atoms with Gasteiger partial charge in [-0.2, -0.15) is 0 Å². The highest BCUT2D eigenvalue weighted by Crippen LogP contribution is 2.52. The lowest BCUT2D eigenvalue weighted by atomic mass is 9.65. The molecule has 4 aromatic rings. The molecule has 0 radical (unpaired) electrons. The maximum atomic E-state index is 13.5. The summed E-state index contributed by atoms with van der Waals surface area (Å²) in [5, 5.41) is 13.8. The number of likely N-dealkylation sites (tertiary alicyclic amines) is 1. The first-order valence-electron chi connectivity index (χ1n) is 13.4. The van der Waals surface area contributed by atoms with E-state index in [1.54, 1.807) is 0 Å². The number of aryl methyl sites for hydroxylation is 1. The normalized spacial score (nSPS) is 21.6. The minimum absolute atomic E-state index is 0.0534. The Morgan fingerprint density at radius 3 is 2.73 bits per heavy atom. The summed E-state index contributed by atoms with van der Waals surface area (Å²) < 4.78 is 2.00. The second-order valence-electron chi connectivity index (χ2n) is 12.1. The highest BCUT2D eigenvalue weighted by atomic mass is 35.5. The Balaban J connectivity index is 1.25. The zero-order valence-electron chi connectivity index (χ0n) is 22.9. The van der Waals surface area contributed by atoms with Crippen LogP contribution in [0.2, 0.25) is 10.0 Å². The van der Waals surface area contributed by atoms with E-state index in [9.17, 15) is 4.79 Å². The molecule has 1 aliphatic carbocycles. The van der Waals surface area contributed by atoms with E-state index >= 15 is 0 Å². The number of halogens is 2. The number of thiazole rings is 1. The fourth-order valence-corrected chi connectivity index (χ4v) is 8.78. The molecule has 208 valence electrons. The fraction of sp³-hybridized carbons (Fsp3) is 0.400. The molecule has 0 spiro atoms. The summed E-state index contributed by atoms with van der Waals surface area (Å²) in [7, 11) is 0. The molecule has 2 bridgehead atoms. The predicted octanol–water partition coefficient (Wildman–Crippen LogP) is 8.34. The van der Waals surface area contributed by atoms with Crippen LogP contribution in [0.3, 0.4) is 0 Å². The van der Waals surface area contributed by atoms with Gasteiger partial charge in [-0.1, -0.05) is 73.9 Å². The molecule has 10 heteroatoms. The van der Waals surface area contributed by atoms with E-state index in [0.29, 0.717) is 38.5 Å². The van der Waals surface area contributed by atoms with Crippen LogP contribution in [0.4, 0.5) is 0 Å². The fourth-order valence-electron chi connectivity index (χ4n) is 6.67. The Labute approximate surface area is 253 Å². The first kappa shape index (κ1) is 27.8. The van der Waals surface area contributed by atoms with Gasteiger partial charge in [0.1, 0.15) is 10.7 Å². The van der Waals surface area contributed by atoms with Gasteiger partial charge >= 0.3 is 0 Å². The first-order valence-corrected chi connectivity index (χ1v) is 16.0. The van der Waals surface area contributed by atoms with Crippen molar-refractivity contribution in [1.82, 2.24) is 24.6 Å². The molecular formula is C30H31Cl2N5OS2. The number of hydrogen-bond acceptors (Lipinski definition) is 6. The Morgan fingerprint density at radius 2 is 1.93 bits per heavy atom. The van der Waals surface area contributed by atoms with Gasteiger partial charge in [0.15, 0.2) is 11.0 Å². The van der Waals surface area contributed by atoms with Crippen molar-refractivity contribution in [2.75, 3.05) is 6.54 Å². The number of hydrogen-bond donors (Lipinski definition) is 0. The van der Waals surface area contributed by atoms with Crippen molar-refractivity contribution < 1.29 is 4.79 Å². The highest BCUT2D eigenvalue weighted by Gasteiger charge is 2.51. The number of benzene rings is 2. The van der Waals surface area contributed by atoms with Crippen LogP contribution in [0.5, 0.6) is 0 Å². The van der Waals surface area contributed by atoms with Crippen molar-refractivity contribution in [1.29, 1.82) is 0 Å². The number of carbonyl (C=O) groups is 1. The van der Waals surface area contributed by atoms with E-state index in [0.717, 1.165) is 47.6 Å². The topological polar surface area (TPSA) is 63.9 Å². The van der Waals surface area contributed by atoms with Crippen molar-refractivity contribution in [3.8, 4) is 17.1 Å². The lowest BCUT2D eigenvalue weighted by molar-refractivity contribution is 0.0703. The van der Waals surface area contributed by atoms with Crippen molar-refractivity contribution in [2.24, 2.45) is 10.8 Å². The van der Waals surface area contributed by atoms with E-state index in [4.69, 9.17) is 28.2 Å². The molecule has 6 rings (SSSR count). The number of thioether (sulfide) groups is 1. The lowest BCUT2D eigenvalue weighted by Crippen LogP contribution is -2.37. The van der Waals surface area contributed by atoms with Crippen LogP contribution in [-0.4, -0.2) is 43.1 Å². The molecule has 2 aliphatic rings. The van der Waals surface area contributed by atoms with Gasteiger partial charge in [-0.05, 0) is 66.8 Å². The Bertz CT molecular complexity index is 1600. The van der Waals surface area contributed by atoms with Crippen LogP contribution in [0.1, 0.15) is 61.1 Å². The average molecular weight is 613 g/mol. The van der Waals surface area contributed by atoms with Crippen LogP contribution >= 0.6 is 46.3 Å². The Morgan fingerprint density at radius 1 is 1.12 bits per heavy atom. The molecule has 2 aromatic heterocycles. The SMILES string of the molecule is Cc1ccc(Cl)cc1-n1c(SCc2nc(C(=O)N3CC4(C)CC3CC(C)(C)C4)cs2)nnc1-c1ccccc1Cl. The molecule has 6 nitrogen and oxygen atoms in total. The highest BCUT2D eigenvalue weighted by molar-refractivity contribution is 7.98. The van der Waals surface area contributed by atoms with E-state index in [1.165, 1.54) is 23.1 Å². The molecule has 2 unspecified atom stereocenters. The maximum absolute atomic E-state index is 13.5. The Hall–Kier alpha value is -2.39. The summed E-state index contributed by atoms with van der Waals surface area (Å²) in [6, 6.07) is 13.7. The van der Waals surface area contributed by atoms with Crippen LogP contribution < -0.4 is 0 Å². The second kappa shape index (κ2) is 10.5. The smallest absolute Gasteiger partial charge is 0.273 e. The largest absolute Gasteiger partial charge is 0.334 e. The third kappa shape index (κ3) is 5.31. The van der Waals surface area contributed by atoms with Gasteiger partial charge in [-0.15, -0.1) is 21.5 Å². The Kier molecular flexibility index (Phi) is 7.26. The lowest BCUT2D eigenvalue weighted by Gasteiger charge is -2.39.